The van der Waals surface area contributed by atoms with E-state index >= 15 is 0 Å². The molecule has 1 heterocycles. The van der Waals surface area contributed by atoms with Crippen LogP contribution in [0.3, 0.4) is 0 Å². The van der Waals surface area contributed by atoms with E-state index in [9.17, 15) is 0 Å². The summed E-state index contributed by atoms with van der Waals surface area (Å²) in [4.78, 5) is 4.64. The Morgan fingerprint density at radius 1 is 1.31 bits per heavy atom. The molecule has 1 fully saturated rings. The lowest BCUT2D eigenvalue weighted by Gasteiger charge is -2.01. The first-order valence-electron chi connectivity index (χ1n) is 6.27. The second kappa shape index (κ2) is 3.93. The van der Waals surface area contributed by atoms with Crippen LogP contribution >= 0.6 is 0 Å². The predicted octanol–water partition coefficient (Wildman–Crippen LogP) is 4.05. The lowest BCUT2D eigenvalue weighted by Crippen LogP contribution is -1.90. The second-order valence-electron chi connectivity index (χ2n) is 4.65. The van der Waals surface area contributed by atoms with Crippen LogP contribution in [0.4, 0.5) is 0 Å². The Morgan fingerprint density at radius 3 is 2.88 bits per heavy atom. The fraction of sp³-hybridized carbons (Fsp3) is 0.500. The van der Waals surface area contributed by atoms with E-state index in [1.165, 1.54) is 31.2 Å². The zero-order chi connectivity index (χ0) is 11.0. The molecule has 16 heavy (non-hydrogen) atoms. The molecule has 1 aliphatic carbocycles. The van der Waals surface area contributed by atoms with Gasteiger partial charge in [-0.1, -0.05) is 31.9 Å². The van der Waals surface area contributed by atoms with Gasteiger partial charge in [0.15, 0.2) is 11.5 Å². The van der Waals surface area contributed by atoms with Gasteiger partial charge in [0.2, 0.25) is 0 Å². The zero-order valence-electron chi connectivity index (χ0n) is 9.70. The van der Waals surface area contributed by atoms with Crippen molar-refractivity contribution in [2.45, 2.75) is 44.9 Å². The number of benzene rings is 1. The third-order valence-corrected chi connectivity index (χ3v) is 3.60. The summed E-state index contributed by atoms with van der Waals surface area (Å²) in [7, 11) is 0. The first-order chi connectivity index (χ1) is 7.88. The van der Waals surface area contributed by atoms with E-state index in [4.69, 9.17) is 4.42 Å². The molecule has 0 radical (unpaired) electrons. The van der Waals surface area contributed by atoms with Gasteiger partial charge in [-0.15, -0.1) is 0 Å². The highest BCUT2D eigenvalue weighted by molar-refractivity contribution is 5.76. The average Bonchev–Trinajstić information content (AvgIpc) is 2.96. The van der Waals surface area contributed by atoms with Crippen molar-refractivity contribution >= 4 is 11.1 Å². The van der Waals surface area contributed by atoms with Crippen LogP contribution in [-0.2, 0) is 6.42 Å². The minimum Gasteiger partial charge on any atom is -0.440 e. The molecule has 3 rings (SSSR count). The highest BCUT2D eigenvalue weighted by Gasteiger charge is 2.22. The van der Waals surface area contributed by atoms with Crippen LogP contribution in [0, 0.1) is 0 Å². The maximum absolute atomic E-state index is 5.96. The summed E-state index contributed by atoms with van der Waals surface area (Å²) in [5.41, 5.74) is 3.31. The SMILES string of the molecule is CCc1cccc2nc(C3CCCC3)oc12. The number of nitrogens with zero attached hydrogens (tertiary/aromatic N) is 1. The van der Waals surface area contributed by atoms with Gasteiger partial charge in [-0.25, -0.2) is 4.98 Å². The van der Waals surface area contributed by atoms with Gasteiger partial charge in [0.05, 0.1) is 0 Å². The number of para-hydroxylation sites is 1. The first kappa shape index (κ1) is 9.88. The van der Waals surface area contributed by atoms with Gasteiger partial charge in [0, 0.05) is 5.92 Å². The summed E-state index contributed by atoms with van der Waals surface area (Å²) < 4.78 is 5.96. The van der Waals surface area contributed by atoms with E-state index in [0.29, 0.717) is 5.92 Å². The molecule has 2 heteroatoms. The Morgan fingerprint density at radius 2 is 2.12 bits per heavy atom. The second-order valence-corrected chi connectivity index (χ2v) is 4.65. The van der Waals surface area contributed by atoms with Gasteiger partial charge in [-0.2, -0.15) is 0 Å². The van der Waals surface area contributed by atoms with Gasteiger partial charge < -0.3 is 4.42 Å². The highest BCUT2D eigenvalue weighted by Crippen LogP contribution is 2.35. The third kappa shape index (κ3) is 1.53. The molecule has 0 bridgehead atoms. The number of rotatable bonds is 2. The number of aromatic nitrogens is 1. The Bertz CT molecular complexity index is 494. The Kier molecular flexibility index (Phi) is 2.43. The van der Waals surface area contributed by atoms with Crippen LogP contribution in [0.2, 0.25) is 0 Å². The molecule has 2 aromatic rings. The van der Waals surface area contributed by atoms with Crippen molar-refractivity contribution in [3.8, 4) is 0 Å². The molecular weight excluding hydrogens is 198 g/mol. The van der Waals surface area contributed by atoms with Crippen LogP contribution in [0.5, 0.6) is 0 Å². The molecule has 0 N–H and O–H groups in total. The van der Waals surface area contributed by atoms with Crippen LogP contribution < -0.4 is 0 Å². The van der Waals surface area contributed by atoms with Crippen molar-refractivity contribution in [3.63, 3.8) is 0 Å². The summed E-state index contributed by atoms with van der Waals surface area (Å²) >= 11 is 0. The monoisotopic (exact) mass is 215 g/mol. The number of fused-ring (bicyclic) bond motifs is 1. The van der Waals surface area contributed by atoms with Crippen molar-refractivity contribution in [2.75, 3.05) is 0 Å². The zero-order valence-corrected chi connectivity index (χ0v) is 9.70. The van der Waals surface area contributed by atoms with Gasteiger partial charge in [0.1, 0.15) is 5.52 Å². The highest BCUT2D eigenvalue weighted by atomic mass is 16.3. The fourth-order valence-electron chi connectivity index (χ4n) is 2.65. The van der Waals surface area contributed by atoms with Crippen LogP contribution in [-0.4, -0.2) is 4.98 Å². The standard InChI is InChI=1S/C14H17NO/c1-2-10-8-5-9-12-13(10)16-14(15-12)11-6-3-4-7-11/h5,8-9,11H,2-4,6-7H2,1H3. The van der Waals surface area contributed by atoms with Crippen molar-refractivity contribution in [1.29, 1.82) is 0 Å². The van der Waals surface area contributed by atoms with Crippen molar-refractivity contribution in [2.24, 2.45) is 0 Å². The molecule has 0 aliphatic heterocycles. The minimum absolute atomic E-state index is 0.567. The van der Waals surface area contributed by atoms with E-state index in [0.717, 1.165) is 23.4 Å². The summed E-state index contributed by atoms with van der Waals surface area (Å²) in [5, 5.41) is 0. The maximum atomic E-state index is 5.96. The molecule has 0 spiro atoms. The summed E-state index contributed by atoms with van der Waals surface area (Å²) in [6, 6.07) is 6.25. The van der Waals surface area contributed by atoms with Gasteiger partial charge in [-0.3, -0.25) is 0 Å². The first-order valence-corrected chi connectivity index (χ1v) is 6.27. The molecule has 1 aromatic heterocycles. The largest absolute Gasteiger partial charge is 0.440 e. The van der Waals surface area contributed by atoms with Gasteiger partial charge in [0.25, 0.3) is 0 Å². The molecule has 0 amide bonds. The smallest absolute Gasteiger partial charge is 0.198 e. The quantitative estimate of drug-likeness (QED) is 0.755. The van der Waals surface area contributed by atoms with E-state index < -0.39 is 0 Å². The predicted molar refractivity (Wildman–Crippen MR) is 64.6 cm³/mol. The van der Waals surface area contributed by atoms with Crippen molar-refractivity contribution in [3.05, 3.63) is 29.7 Å². The van der Waals surface area contributed by atoms with E-state index in [1.54, 1.807) is 0 Å². The van der Waals surface area contributed by atoms with E-state index in [2.05, 4.69) is 30.1 Å². The van der Waals surface area contributed by atoms with E-state index in [-0.39, 0.29) is 0 Å². The molecule has 1 aliphatic rings. The van der Waals surface area contributed by atoms with Crippen LogP contribution in [0.1, 0.15) is 50.0 Å². The fourth-order valence-corrected chi connectivity index (χ4v) is 2.65. The van der Waals surface area contributed by atoms with Crippen LogP contribution in [0.25, 0.3) is 11.1 Å². The van der Waals surface area contributed by atoms with Gasteiger partial charge in [-0.05, 0) is 30.9 Å². The number of aryl methyl sites for hydroxylation is 1. The Labute approximate surface area is 95.7 Å². The number of hydrogen-bond acceptors (Lipinski definition) is 2. The van der Waals surface area contributed by atoms with Crippen LogP contribution in [0.15, 0.2) is 22.6 Å². The topological polar surface area (TPSA) is 26.0 Å². The normalized spacial score (nSPS) is 17.3. The van der Waals surface area contributed by atoms with Crippen molar-refractivity contribution in [1.82, 2.24) is 4.98 Å². The lowest BCUT2D eigenvalue weighted by molar-refractivity contribution is 0.472. The lowest BCUT2D eigenvalue weighted by atomic mass is 10.1. The molecule has 84 valence electrons. The summed E-state index contributed by atoms with van der Waals surface area (Å²) in [5.74, 6) is 1.53. The van der Waals surface area contributed by atoms with Gasteiger partial charge >= 0.3 is 0 Å². The average molecular weight is 215 g/mol. The molecule has 0 saturated heterocycles. The number of hydrogen-bond donors (Lipinski definition) is 0. The van der Waals surface area contributed by atoms with E-state index in [1.807, 2.05) is 0 Å². The minimum atomic E-state index is 0.567. The molecule has 2 nitrogen and oxygen atoms in total. The molecular formula is C14H17NO. The Hall–Kier alpha value is -1.31. The summed E-state index contributed by atoms with van der Waals surface area (Å²) in [6.07, 6.45) is 6.15. The maximum Gasteiger partial charge on any atom is 0.198 e. The number of oxazole rings is 1. The Balaban J connectivity index is 2.07. The third-order valence-electron chi connectivity index (χ3n) is 3.60. The molecule has 0 unspecified atom stereocenters. The van der Waals surface area contributed by atoms with Crippen molar-refractivity contribution < 1.29 is 4.42 Å². The summed E-state index contributed by atoms with van der Waals surface area (Å²) in [6.45, 7) is 2.16. The molecule has 1 saturated carbocycles. The molecule has 1 aromatic carbocycles. The molecule has 0 atom stereocenters.